The van der Waals surface area contributed by atoms with Crippen LogP contribution >= 0.6 is 0 Å². The standard InChI is InChI=1S/C17H25N3O2/c1-18-10-6-11-19-16(21)15-9-5-12-20(13-15)17(22)14-7-3-2-4-8-14/h2-4,7-8,15,18H,5-6,9-13H2,1H3,(H,19,21). The Bertz CT molecular complexity index is 490. The summed E-state index contributed by atoms with van der Waals surface area (Å²) in [6, 6.07) is 9.27. The van der Waals surface area contributed by atoms with E-state index < -0.39 is 0 Å². The van der Waals surface area contributed by atoms with Gasteiger partial charge in [0.25, 0.3) is 5.91 Å². The molecule has 0 bridgehead atoms. The van der Waals surface area contributed by atoms with E-state index in [-0.39, 0.29) is 17.7 Å². The van der Waals surface area contributed by atoms with Gasteiger partial charge < -0.3 is 15.5 Å². The zero-order chi connectivity index (χ0) is 15.8. The van der Waals surface area contributed by atoms with Crippen LogP contribution in [0.2, 0.25) is 0 Å². The van der Waals surface area contributed by atoms with Crippen LogP contribution in [0.4, 0.5) is 0 Å². The average molecular weight is 303 g/mol. The smallest absolute Gasteiger partial charge is 0.253 e. The summed E-state index contributed by atoms with van der Waals surface area (Å²) in [6.07, 6.45) is 2.66. The molecule has 1 unspecified atom stereocenters. The van der Waals surface area contributed by atoms with Crippen LogP contribution in [0.25, 0.3) is 0 Å². The van der Waals surface area contributed by atoms with Gasteiger partial charge in [-0.15, -0.1) is 0 Å². The van der Waals surface area contributed by atoms with Crippen molar-refractivity contribution in [3.8, 4) is 0 Å². The van der Waals surface area contributed by atoms with Crippen LogP contribution in [-0.2, 0) is 4.79 Å². The van der Waals surface area contributed by atoms with Gasteiger partial charge in [0.05, 0.1) is 5.92 Å². The summed E-state index contributed by atoms with van der Waals surface area (Å²) < 4.78 is 0. The fourth-order valence-electron chi connectivity index (χ4n) is 2.76. The molecule has 2 N–H and O–H groups in total. The maximum atomic E-state index is 12.5. The van der Waals surface area contributed by atoms with Crippen molar-refractivity contribution in [3.63, 3.8) is 0 Å². The Morgan fingerprint density at radius 3 is 2.73 bits per heavy atom. The highest BCUT2D eigenvalue weighted by molar-refractivity contribution is 5.94. The predicted molar refractivity (Wildman–Crippen MR) is 86.6 cm³/mol. The molecule has 1 aliphatic heterocycles. The number of carbonyl (C=O) groups is 2. The Morgan fingerprint density at radius 2 is 2.00 bits per heavy atom. The molecule has 0 spiro atoms. The van der Waals surface area contributed by atoms with Crippen LogP contribution in [0.5, 0.6) is 0 Å². The largest absolute Gasteiger partial charge is 0.356 e. The molecule has 2 amide bonds. The van der Waals surface area contributed by atoms with E-state index in [4.69, 9.17) is 0 Å². The maximum Gasteiger partial charge on any atom is 0.253 e. The third-order valence-corrected chi connectivity index (χ3v) is 4.00. The Hall–Kier alpha value is -1.88. The zero-order valence-corrected chi connectivity index (χ0v) is 13.2. The van der Waals surface area contributed by atoms with E-state index in [1.165, 1.54) is 0 Å². The molecule has 0 saturated carbocycles. The van der Waals surface area contributed by atoms with Crippen molar-refractivity contribution >= 4 is 11.8 Å². The second-order valence-electron chi connectivity index (χ2n) is 5.70. The molecule has 1 fully saturated rings. The minimum Gasteiger partial charge on any atom is -0.356 e. The molecule has 1 saturated heterocycles. The quantitative estimate of drug-likeness (QED) is 0.778. The number of hydrogen-bond acceptors (Lipinski definition) is 3. The van der Waals surface area contributed by atoms with E-state index in [2.05, 4.69) is 10.6 Å². The highest BCUT2D eigenvalue weighted by Crippen LogP contribution is 2.18. The van der Waals surface area contributed by atoms with Crippen molar-refractivity contribution in [1.29, 1.82) is 0 Å². The van der Waals surface area contributed by atoms with Gasteiger partial charge in [0.15, 0.2) is 0 Å². The summed E-state index contributed by atoms with van der Waals surface area (Å²) in [5.74, 6) is 0.00551. The second-order valence-corrected chi connectivity index (χ2v) is 5.70. The van der Waals surface area contributed by atoms with Gasteiger partial charge in [-0.25, -0.2) is 0 Å². The molecule has 1 heterocycles. The zero-order valence-electron chi connectivity index (χ0n) is 13.2. The predicted octanol–water partition coefficient (Wildman–Crippen LogP) is 1.26. The highest BCUT2D eigenvalue weighted by atomic mass is 16.2. The lowest BCUT2D eigenvalue weighted by atomic mass is 9.96. The van der Waals surface area contributed by atoms with Crippen molar-refractivity contribution in [2.75, 3.05) is 33.2 Å². The summed E-state index contributed by atoms with van der Waals surface area (Å²) >= 11 is 0. The normalized spacial score (nSPS) is 18.0. The van der Waals surface area contributed by atoms with E-state index in [9.17, 15) is 9.59 Å². The lowest BCUT2D eigenvalue weighted by molar-refractivity contribution is -0.126. The molecular weight excluding hydrogens is 278 g/mol. The molecule has 1 aromatic rings. The lowest BCUT2D eigenvalue weighted by Crippen LogP contribution is -2.45. The number of likely N-dealkylation sites (tertiary alicyclic amines) is 1. The van der Waals surface area contributed by atoms with Gasteiger partial charge in [-0.05, 0) is 45.0 Å². The van der Waals surface area contributed by atoms with Gasteiger partial charge >= 0.3 is 0 Å². The first kappa shape index (κ1) is 16.5. The molecule has 1 aliphatic rings. The Labute approximate surface area is 132 Å². The minimum absolute atomic E-state index is 0.0216. The number of nitrogens with zero attached hydrogens (tertiary/aromatic N) is 1. The van der Waals surface area contributed by atoms with Crippen LogP contribution in [0.3, 0.4) is 0 Å². The first-order chi connectivity index (χ1) is 10.7. The average Bonchev–Trinajstić information content (AvgIpc) is 2.59. The van der Waals surface area contributed by atoms with E-state index >= 15 is 0 Å². The molecule has 0 radical (unpaired) electrons. The molecule has 120 valence electrons. The van der Waals surface area contributed by atoms with Gasteiger partial charge in [0.1, 0.15) is 0 Å². The van der Waals surface area contributed by atoms with Crippen molar-refractivity contribution in [3.05, 3.63) is 35.9 Å². The van der Waals surface area contributed by atoms with Crippen molar-refractivity contribution in [2.45, 2.75) is 19.3 Å². The number of rotatable bonds is 6. The Balaban J connectivity index is 1.86. The van der Waals surface area contributed by atoms with Gasteiger partial charge in [-0.3, -0.25) is 9.59 Å². The molecular formula is C17H25N3O2. The van der Waals surface area contributed by atoms with E-state index in [0.717, 1.165) is 32.4 Å². The first-order valence-electron chi connectivity index (χ1n) is 7.99. The number of nitrogens with one attached hydrogen (secondary N) is 2. The van der Waals surface area contributed by atoms with E-state index in [1.807, 2.05) is 37.4 Å². The van der Waals surface area contributed by atoms with E-state index in [1.54, 1.807) is 4.90 Å². The number of hydrogen-bond donors (Lipinski definition) is 2. The van der Waals surface area contributed by atoms with Crippen molar-refractivity contribution < 1.29 is 9.59 Å². The minimum atomic E-state index is -0.0870. The molecule has 1 atom stereocenters. The molecule has 2 rings (SSSR count). The molecule has 0 aromatic heterocycles. The summed E-state index contributed by atoms with van der Waals surface area (Å²) in [5.41, 5.74) is 0.692. The molecule has 22 heavy (non-hydrogen) atoms. The van der Waals surface area contributed by atoms with Gasteiger partial charge in [0.2, 0.25) is 5.91 Å². The molecule has 5 heteroatoms. The maximum absolute atomic E-state index is 12.5. The molecule has 5 nitrogen and oxygen atoms in total. The van der Waals surface area contributed by atoms with Crippen molar-refractivity contribution in [1.82, 2.24) is 15.5 Å². The number of benzene rings is 1. The number of amides is 2. The fraction of sp³-hybridized carbons (Fsp3) is 0.529. The third kappa shape index (κ3) is 4.56. The van der Waals surface area contributed by atoms with Crippen molar-refractivity contribution in [2.24, 2.45) is 5.92 Å². The molecule has 0 aliphatic carbocycles. The van der Waals surface area contributed by atoms with Crippen LogP contribution in [0.1, 0.15) is 29.6 Å². The Morgan fingerprint density at radius 1 is 1.23 bits per heavy atom. The second kappa shape index (κ2) is 8.54. The summed E-state index contributed by atoms with van der Waals surface area (Å²) in [4.78, 5) is 26.5. The number of carbonyl (C=O) groups excluding carboxylic acids is 2. The van der Waals surface area contributed by atoms with Crippen LogP contribution in [-0.4, -0.2) is 49.9 Å². The number of piperidine rings is 1. The third-order valence-electron chi connectivity index (χ3n) is 4.00. The lowest BCUT2D eigenvalue weighted by Gasteiger charge is -2.32. The van der Waals surface area contributed by atoms with Crippen LogP contribution in [0.15, 0.2) is 30.3 Å². The monoisotopic (exact) mass is 303 g/mol. The summed E-state index contributed by atoms with van der Waals surface area (Å²) in [5, 5.41) is 6.03. The fourth-order valence-corrected chi connectivity index (χ4v) is 2.76. The summed E-state index contributed by atoms with van der Waals surface area (Å²) in [6.45, 7) is 2.83. The highest BCUT2D eigenvalue weighted by Gasteiger charge is 2.28. The summed E-state index contributed by atoms with van der Waals surface area (Å²) in [7, 11) is 1.90. The molecule has 1 aromatic carbocycles. The van der Waals surface area contributed by atoms with Gasteiger partial charge in [-0.2, -0.15) is 0 Å². The topological polar surface area (TPSA) is 61.4 Å². The SMILES string of the molecule is CNCCCNC(=O)C1CCCN(C(=O)c2ccccc2)C1. The first-order valence-corrected chi connectivity index (χ1v) is 7.99. The Kier molecular flexibility index (Phi) is 6.40. The van der Waals surface area contributed by atoms with E-state index in [0.29, 0.717) is 18.7 Å². The van der Waals surface area contributed by atoms with Gasteiger partial charge in [-0.1, -0.05) is 18.2 Å². The van der Waals surface area contributed by atoms with Crippen LogP contribution < -0.4 is 10.6 Å². The van der Waals surface area contributed by atoms with Gasteiger partial charge in [0, 0.05) is 25.2 Å². The van der Waals surface area contributed by atoms with Crippen LogP contribution in [0, 0.1) is 5.92 Å².